The summed E-state index contributed by atoms with van der Waals surface area (Å²) in [6, 6.07) is 0. The van der Waals surface area contributed by atoms with E-state index in [4.69, 9.17) is 19.7 Å². The van der Waals surface area contributed by atoms with E-state index in [2.05, 4.69) is 15.9 Å². The molecule has 0 aromatic carbocycles. The van der Waals surface area contributed by atoms with E-state index in [-0.39, 0.29) is 0 Å². The second-order valence-corrected chi connectivity index (χ2v) is 2.04. The van der Waals surface area contributed by atoms with Gasteiger partial charge >= 0.3 is 6.16 Å². The van der Waals surface area contributed by atoms with Gasteiger partial charge < -0.3 is 14.9 Å². The van der Waals surface area contributed by atoms with Crippen molar-refractivity contribution >= 4 is 22.1 Å². The van der Waals surface area contributed by atoms with Crippen molar-refractivity contribution in [2.24, 2.45) is 0 Å². The minimum absolute atomic E-state index is 0.551. The van der Waals surface area contributed by atoms with Gasteiger partial charge in [-0.05, 0) is 0 Å². The van der Waals surface area contributed by atoms with Gasteiger partial charge in [-0.3, -0.25) is 0 Å². The predicted molar refractivity (Wildman–Crippen MR) is 34.2 cm³/mol. The zero-order valence-corrected chi connectivity index (χ0v) is 6.17. The van der Waals surface area contributed by atoms with E-state index in [0.717, 1.165) is 11.9 Å². The molecule has 1 rings (SSSR count). The minimum atomic E-state index is -1.83. The largest absolute Gasteiger partial charge is 0.503 e. The summed E-state index contributed by atoms with van der Waals surface area (Å²) in [5, 5.41) is 15.0. The molecule has 0 aromatic rings. The van der Waals surface area contributed by atoms with E-state index in [9.17, 15) is 0 Å². The van der Waals surface area contributed by atoms with Crippen LogP contribution in [0.15, 0.2) is 0 Å². The van der Waals surface area contributed by atoms with Crippen LogP contribution in [0, 0.1) is 0 Å². The molecule has 1 heterocycles. The van der Waals surface area contributed by atoms with Crippen molar-refractivity contribution in [1.29, 1.82) is 0 Å². The molecular weight excluding hydrogens is 192 g/mol. The molecule has 1 fully saturated rings. The SMILES string of the molecule is BrCC1CO1.O=C(O)O. The van der Waals surface area contributed by atoms with E-state index >= 15 is 0 Å². The fraction of sp³-hybridized carbons (Fsp3) is 0.750. The van der Waals surface area contributed by atoms with Crippen molar-refractivity contribution in [2.75, 3.05) is 11.9 Å². The lowest BCUT2D eigenvalue weighted by molar-refractivity contribution is 0.137. The molecule has 4 nitrogen and oxygen atoms in total. The molecule has 5 heteroatoms. The average Bonchev–Trinajstić information content (AvgIpc) is 2.43. The van der Waals surface area contributed by atoms with Crippen LogP contribution in [-0.2, 0) is 4.74 Å². The number of carboxylic acid groups (broad SMARTS) is 2. The molecule has 54 valence electrons. The summed E-state index contributed by atoms with van der Waals surface area (Å²) in [4.78, 5) is 8.56. The van der Waals surface area contributed by atoms with Gasteiger partial charge in [-0.1, -0.05) is 15.9 Å². The molecule has 9 heavy (non-hydrogen) atoms. The summed E-state index contributed by atoms with van der Waals surface area (Å²) in [6.07, 6.45) is -1.28. The second kappa shape index (κ2) is 4.58. The first-order chi connectivity index (χ1) is 4.16. The molecule has 0 saturated carbocycles. The molecule has 0 spiro atoms. The summed E-state index contributed by atoms with van der Waals surface area (Å²) >= 11 is 3.25. The van der Waals surface area contributed by atoms with Crippen LogP contribution in [-0.4, -0.2) is 34.4 Å². The van der Waals surface area contributed by atoms with Gasteiger partial charge in [0.2, 0.25) is 0 Å². The smallest absolute Gasteiger partial charge is 0.450 e. The van der Waals surface area contributed by atoms with Crippen LogP contribution in [0.5, 0.6) is 0 Å². The number of ether oxygens (including phenoxy) is 1. The third-order valence-corrected chi connectivity index (χ3v) is 1.30. The Morgan fingerprint density at radius 2 is 2.11 bits per heavy atom. The van der Waals surface area contributed by atoms with Crippen molar-refractivity contribution in [2.45, 2.75) is 6.10 Å². The summed E-state index contributed by atoms with van der Waals surface area (Å²) in [5.74, 6) is 0. The van der Waals surface area contributed by atoms with E-state index < -0.39 is 6.16 Å². The highest BCUT2D eigenvalue weighted by Crippen LogP contribution is 2.09. The highest BCUT2D eigenvalue weighted by atomic mass is 79.9. The maximum absolute atomic E-state index is 8.56. The van der Waals surface area contributed by atoms with Gasteiger partial charge in [0, 0.05) is 5.33 Å². The Morgan fingerprint density at radius 1 is 1.78 bits per heavy atom. The van der Waals surface area contributed by atoms with Crippen LogP contribution in [0.3, 0.4) is 0 Å². The zero-order valence-electron chi connectivity index (χ0n) is 4.58. The molecule has 1 unspecified atom stereocenters. The Balaban J connectivity index is 0.000000148. The van der Waals surface area contributed by atoms with Crippen LogP contribution in [0.2, 0.25) is 0 Å². The molecule has 1 atom stereocenters. The summed E-state index contributed by atoms with van der Waals surface area (Å²) < 4.78 is 4.81. The number of halogens is 1. The standard InChI is InChI=1S/C3H5BrO.CH2O3/c4-1-3-2-5-3;2-1(3)4/h3H,1-2H2;(H2,2,3,4). The lowest BCUT2D eigenvalue weighted by atomic mass is 10.6. The van der Waals surface area contributed by atoms with E-state index in [1.54, 1.807) is 0 Å². The Labute approximate surface area is 60.6 Å². The molecule has 2 N–H and O–H groups in total. The first kappa shape index (κ1) is 8.71. The molecule has 1 aliphatic heterocycles. The molecule has 1 saturated heterocycles. The first-order valence-electron chi connectivity index (χ1n) is 2.26. The summed E-state index contributed by atoms with van der Waals surface area (Å²) in [5.41, 5.74) is 0. The summed E-state index contributed by atoms with van der Waals surface area (Å²) in [6.45, 7) is 0.964. The molecule has 0 amide bonds. The molecule has 0 aromatic heterocycles. The van der Waals surface area contributed by atoms with E-state index in [0.29, 0.717) is 6.10 Å². The van der Waals surface area contributed by atoms with Gasteiger partial charge in [0.25, 0.3) is 0 Å². The van der Waals surface area contributed by atoms with Crippen LogP contribution >= 0.6 is 15.9 Å². The number of hydrogen-bond donors (Lipinski definition) is 2. The van der Waals surface area contributed by atoms with Gasteiger partial charge in [0.05, 0.1) is 12.7 Å². The second-order valence-electron chi connectivity index (χ2n) is 1.39. The molecule has 0 bridgehead atoms. The fourth-order valence-corrected chi connectivity index (χ4v) is 0.531. The minimum Gasteiger partial charge on any atom is -0.450 e. The topological polar surface area (TPSA) is 70.1 Å². The van der Waals surface area contributed by atoms with Gasteiger partial charge in [0.15, 0.2) is 0 Å². The monoisotopic (exact) mass is 198 g/mol. The third-order valence-electron chi connectivity index (χ3n) is 0.574. The quantitative estimate of drug-likeness (QED) is 0.488. The Bertz CT molecular complexity index is 86.6. The van der Waals surface area contributed by atoms with Crippen LogP contribution in [0.4, 0.5) is 4.79 Å². The van der Waals surface area contributed by atoms with E-state index in [1.165, 1.54) is 0 Å². The van der Waals surface area contributed by atoms with Crippen molar-refractivity contribution in [3.8, 4) is 0 Å². The van der Waals surface area contributed by atoms with Gasteiger partial charge in [-0.15, -0.1) is 0 Å². The van der Waals surface area contributed by atoms with Crippen molar-refractivity contribution in [3.63, 3.8) is 0 Å². The highest BCUT2D eigenvalue weighted by molar-refractivity contribution is 9.09. The van der Waals surface area contributed by atoms with Crippen LogP contribution in [0.1, 0.15) is 0 Å². The number of rotatable bonds is 1. The zero-order chi connectivity index (χ0) is 7.28. The third kappa shape index (κ3) is 11.3. The first-order valence-corrected chi connectivity index (χ1v) is 3.38. The van der Waals surface area contributed by atoms with Gasteiger partial charge in [-0.2, -0.15) is 0 Å². The number of hydrogen-bond acceptors (Lipinski definition) is 2. The van der Waals surface area contributed by atoms with Crippen molar-refractivity contribution in [3.05, 3.63) is 0 Å². The van der Waals surface area contributed by atoms with Gasteiger partial charge in [0.1, 0.15) is 0 Å². The lowest BCUT2D eigenvalue weighted by Gasteiger charge is -1.67. The molecule has 1 aliphatic rings. The Hall–Kier alpha value is -0.290. The maximum Gasteiger partial charge on any atom is 0.503 e. The van der Waals surface area contributed by atoms with Crippen LogP contribution < -0.4 is 0 Å². The molecule has 0 aliphatic carbocycles. The summed E-state index contributed by atoms with van der Waals surface area (Å²) in [7, 11) is 0. The average molecular weight is 199 g/mol. The molecule has 0 radical (unpaired) electrons. The highest BCUT2D eigenvalue weighted by Gasteiger charge is 2.19. The Morgan fingerprint density at radius 3 is 2.11 bits per heavy atom. The van der Waals surface area contributed by atoms with Crippen molar-refractivity contribution in [1.82, 2.24) is 0 Å². The lowest BCUT2D eigenvalue weighted by Crippen LogP contribution is -1.81. The van der Waals surface area contributed by atoms with Gasteiger partial charge in [-0.25, -0.2) is 4.79 Å². The normalized spacial score (nSPS) is 21.7. The number of carbonyl (C=O) groups is 1. The van der Waals surface area contributed by atoms with Crippen molar-refractivity contribution < 1.29 is 19.7 Å². The van der Waals surface area contributed by atoms with E-state index in [1.807, 2.05) is 0 Å². The van der Waals surface area contributed by atoms with Crippen LogP contribution in [0.25, 0.3) is 0 Å². The number of epoxide rings is 1. The number of alkyl halides is 1. The Kier molecular flexibility index (Phi) is 4.43. The molecular formula is C4H7BrO4. The maximum atomic E-state index is 8.56. The fourth-order valence-electron chi connectivity index (χ4n) is 0.157. The predicted octanol–water partition coefficient (Wildman–Crippen LogP) is 1.00.